The largest absolute Gasteiger partial charge is 0.490 e. The molecule has 0 bridgehead atoms. The highest BCUT2D eigenvalue weighted by molar-refractivity contribution is 5.99. The molecule has 2 aromatic rings. The molecule has 2 N–H and O–H groups in total. The van der Waals surface area contributed by atoms with Crippen molar-refractivity contribution in [1.29, 1.82) is 0 Å². The summed E-state index contributed by atoms with van der Waals surface area (Å²) in [6.45, 7) is 6.20. The highest BCUT2D eigenvalue weighted by Gasteiger charge is 2.19. The normalized spacial score (nSPS) is 10.8. The van der Waals surface area contributed by atoms with E-state index in [1.807, 2.05) is 12.1 Å². The van der Waals surface area contributed by atoms with Gasteiger partial charge in [0.2, 0.25) is 0 Å². The molecule has 8 nitrogen and oxygen atoms in total. The molecule has 142 valence electrons. The minimum absolute atomic E-state index is 0.0193. The van der Waals surface area contributed by atoms with Crippen LogP contribution in [0.4, 0.5) is 5.69 Å². The summed E-state index contributed by atoms with van der Waals surface area (Å²) in [6, 6.07) is 10.8. The molecule has 0 fully saturated rings. The van der Waals surface area contributed by atoms with Crippen molar-refractivity contribution in [2.75, 3.05) is 7.11 Å². The third-order valence-corrected chi connectivity index (χ3v) is 3.94. The van der Waals surface area contributed by atoms with Crippen LogP contribution in [0.25, 0.3) is 0 Å². The van der Waals surface area contributed by atoms with Crippen LogP contribution in [0.5, 0.6) is 5.75 Å². The van der Waals surface area contributed by atoms with Crippen molar-refractivity contribution in [3.05, 3.63) is 69.3 Å². The lowest BCUT2D eigenvalue weighted by molar-refractivity contribution is -0.385. The molecular formula is C19H21N3O5. The molecule has 2 aromatic carbocycles. The maximum atomic E-state index is 12.2. The molecule has 27 heavy (non-hydrogen) atoms. The van der Waals surface area contributed by atoms with E-state index in [0.29, 0.717) is 5.56 Å². The predicted molar refractivity (Wildman–Crippen MR) is 99.7 cm³/mol. The molecule has 8 heteroatoms. The minimum Gasteiger partial charge on any atom is -0.490 e. The van der Waals surface area contributed by atoms with E-state index >= 15 is 0 Å². The topological polar surface area (TPSA) is 111 Å². The Kier molecular flexibility index (Phi) is 5.79. The zero-order valence-corrected chi connectivity index (χ0v) is 15.5. The van der Waals surface area contributed by atoms with E-state index in [4.69, 9.17) is 4.74 Å². The van der Waals surface area contributed by atoms with Gasteiger partial charge >= 0.3 is 5.69 Å². The number of nitro benzene ring substituents is 1. The van der Waals surface area contributed by atoms with Crippen molar-refractivity contribution in [2.45, 2.75) is 26.2 Å². The first kappa shape index (κ1) is 19.9. The fraction of sp³-hybridized carbons (Fsp3) is 0.263. The van der Waals surface area contributed by atoms with E-state index in [2.05, 4.69) is 31.6 Å². The Hall–Kier alpha value is -3.42. The number of nitrogens with zero attached hydrogens (tertiary/aromatic N) is 1. The molecule has 0 spiro atoms. The van der Waals surface area contributed by atoms with E-state index < -0.39 is 16.7 Å². The second-order valence-corrected chi connectivity index (χ2v) is 6.88. The molecule has 0 unspecified atom stereocenters. The number of rotatable bonds is 4. The molecular weight excluding hydrogens is 350 g/mol. The van der Waals surface area contributed by atoms with Gasteiger partial charge in [-0.1, -0.05) is 32.9 Å². The Morgan fingerprint density at radius 1 is 0.963 bits per heavy atom. The summed E-state index contributed by atoms with van der Waals surface area (Å²) in [5.41, 5.74) is 5.64. The van der Waals surface area contributed by atoms with Crippen LogP contribution in [0.3, 0.4) is 0 Å². The van der Waals surface area contributed by atoms with Crippen LogP contribution >= 0.6 is 0 Å². The SMILES string of the molecule is COc1ccc(C(=O)NNC(=O)c2ccc(C(C)(C)C)cc2)cc1[N+](=O)[O-]. The van der Waals surface area contributed by atoms with Crippen molar-refractivity contribution < 1.29 is 19.2 Å². The van der Waals surface area contributed by atoms with Gasteiger partial charge in [-0.2, -0.15) is 0 Å². The van der Waals surface area contributed by atoms with Crippen LogP contribution in [-0.4, -0.2) is 23.8 Å². The summed E-state index contributed by atoms with van der Waals surface area (Å²) in [5.74, 6) is -1.13. The number of nitro groups is 1. The molecule has 0 aromatic heterocycles. The van der Waals surface area contributed by atoms with Crippen LogP contribution in [0.2, 0.25) is 0 Å². The number of hydrogen-bond acceptors (Lipinski definition) is 5. The Balaban J connectivity index is 2.06. The predicted octanol–water partition coefficient (Wildman–Crippen LogP) is 2.98. The molecule has 2 amide bonds. The summed E-state index contributed by atoms with van der Waals surface area (Å²) in [4.78, 5) is 34.7. The maximum Gasteiger partial charge on any atom is 0.311 e. The number of hydrazine groups is 1. The lowest BCUT2D eigenvalue weighted by atomic mass is 9.87. The number of nitrogens with one attached hydrogen (secondary N) is 2. The Morgan fingerprint density at radius 3 is 1.96 bits per heavy atom. The number of amides is 2. The second-order valence-electron chi connectivity index (χ2n) is 6.88. The van der Waals surface area contributed by atoms with Gasteiger partial charge in [-0.05, 0) is 35.2 Å². The summed E-state index contributed by atoms with van der Waals surface area (Å²) in [5, 5.41) is 11.0. The molecule has 0 radical (unpaired) electrons. The number of methoxy groups -OCH3 is 1. The smallest absolute Gasteiger partial charge is 0.311 e. The molecule has 0 aliphatic carbocycles. The molecule has 0 heterocycles. The average molecular weight is 371 g/mol. The fourth-order valence-corrected chi connectivity index (χ4v) is 2.35. The van der Waals surface area contributed by atoms with Gasteiger partial charge in [-0.3, -0.25) is 30.6 Å². The summed E-state index contributed by atoms with van der Waals surface area (Å²) < 4.78 is 4.89. The van der Waals surface area contributed by atoms with E-state index in [1.54, 1.807) is 12.1 Å². The third kappa shape index (κ3) is 4.81. The first-order chi connectivity index (χ1) is 12.6. The van der Waals surface area contributed by atoms with Gasteiger partial charge in [-0.15, -0.1) is 0 Å². The number of hydrogen-bond donors (Lipinski definition) is 2. The first-order valence-corrected chi connectivity index (χ1v) is 8.17. The van der Waals surface area contributed by atoms with Crippen molar-refractivity contribution in [1.82, 2.24) is 10.9 Å². The van der Waals surface area contributed by atoms with E-state index in [1.165, 1.54) is 19.2 Å². The highest BCUT2D eigenvalue weighted by Crippen LogP contribution is 2.27. The first-order valence-electron chi connectivity index (χ1n) is 8.17. The van der Waals surface area contributed by atoms with Gasteiger partial charge in [0.15, 0.2) is 5.75 Å². The molecule has 0 aliphatic rings. The standard InChI is InChI=1S/C19H21N3O5/c1-19(2,3)14-8-5-12(6-9-14)17(23)20-21-18(24)13-7-10-16(27-4)15(11-13)22(25)26/h5-11H,1-4H3,(H,20,23)(H,21,24). The van der Waals surface area contributed by atoms with Crippen molar-refractivity contribution >= 4 is 17.5 Å². The van der Waals surface area contributed by atoms with Crippen LogP contribution in [0, 0.1) is 10.1 Å². The second kappa shape index (κ2) is 7.86. The maximum absolute atomic E-state index is 12.2. The lowest BCUT2D eigenvalue weighted by Gasteiger charge is -2.19. The fourth-order valence-electron chi connectivity index (χ4n) is 2.35. The molecule has 0 aliphatic heterocycles. The molecule has 0 saturated carbocycles. The van der Waals surface area contributed by atoms with E-state index in [9.17, 15) is 19.7 Å². The van der Waals surface area contributed by atoms with E-state index in [0.717, 1.165) is 11.6 Å². The van der Waals surface area contributed by atoms with Gasteiger partial charge in [0.25, 0.3) is 11.8 Å². The zero-order valence-electron chi connectivity index (χ0n) is 15.5. The molecule has 0 atom stereocenters. The number of carbonyl (C=O) groups is 2. The monoisotopic (exact) mass is 371 g/mol. The molecule has 0 saturated heterocycles. The molecule has 2 rings (SSSR count). The number of benzene rings is 2. The van der Waals surface area contributed by atoms with Crippen LogP contribution in [0.1, 0.15) is 47.1 Å². The Labute approximate surface area is 156 Å². The van der Waals surface area contributed by atoms with Gasteiger partial charge in [0.05, 0.1) is 12.0 Å². The summed E-state index contributed by atoms with van der Waals surface area (Å²) in [6.07, 6.45) is 0. The zero-order chi connectivity index (χ0) is 20.2. The van der Waals surface area contributed by atoms with Gasteiger partial charge < -0.3 is 4.74 Å². The summed E-state index contributed by atoms with van der Waals surface area (Å²) >= 11 is 0. The van der Waals surface area contributed by atoms with Gasteiger partial charge in [-0.25, -0.2) is 0 Å². The Bertz CT molecular complexity index is 870. The number of carbonyl (C=O) groups excluding carboxylic acids is 2. The van der Waals surface area contributed by atoms with Crippen molar-refractivity contribution in [2.24, 2.45) is 0 Å². The van der Waals surface area contributed by atoms with E-state index in [-0.39, 0.29) is 22.4 Å². The van der Waals surface area contributed by atoms with Crippen LogP contribution in [0.15, 0.2) is 42.5 Å². The average Bonchev–Trinajstić information content (AvgIpc) is 2.64. The van der Waals surface area contributed by atoms with Gasteiger partial charge in [0.1, 0.15) is 0 Å². The Morgan fingerprint density at radius 2 is 1.48 bits per heavy atom. The minimum atomic E-state index is -0.680. The lowest BCUT2D eigenvalue weighted by Crippen LogP contribution is -2.41. The van der Waals surface area contributed by atoms with Crippen LogP contribution < -0.4 is 15.6 Å². The van der Waals surface area contributed by atoms with Crippen LogP contribution in [-0.2, 0) is 5.41 Å². The quantitative estimate of drug-likeness (QED) is 0.634. The third-order valence-electron chi connectivity index (χ3n) is 3.94. The van der Waals surface area contributed by atoms with Crippen molar-refractivity contribution in [3.63, 3.8) is 0 Å². The van der Waals surface area contributed by atoms with Gasteiger partial charge in [0, 0.05) is 17.2 Å². The van der Waals surface area contributed by atoms with Crippen molar-refractivity contribution in [3.8, 4) is 5.75 Å². The summed E-state index contributed by atoms with van der Waals surface area (Å²) in [7, 11) is 1.30. The highest BCUT2D eigenvalue weighted by atomic mass is 16.6. The number of ether oxygens (including phenoxy) is 1.